The number of aryl methyl sites for hydroxylation is 2. The van der Waals surface area contributed by atoms with Crippen molar-refractivity contribution < 1.29 is 10.2 Å². The van der Waals surface area contributed by atoms with E-state index in [9.17, 15) is 10.2 Å². The molecule has 2 heteroatoms. The molecule has 0 radical (unpaired) electrons. The van der Waals surface area contributed by atoms with Crippen molar-refractivity contribution in [2.75, 3.05) is 0 Å². The van der Waals surface area contributed by atoms with Crippen molar-refractivity contribution in [3.05, 3.63) is 142 Å². The number of aliphatic hydroxyl groups is 2. The Balaban J connectivity index is 1.74. The molecule has 0 aromatic heterocycles. The average molecular weight is 417 g/mol. The third kappa shape index (κ3) is 2.31. The van der Waals surface area contributed by atoms with Crippen LogP contribution in [-0.2, 0) is 11.2 Å². The molecule has 0 bridgehead atoms. The molecule has 2 aliphatic carbocycles. The molecule has 0 spiro atoms. The van der Waals surface area contributed by atoms with Gasteiger partial charge >= 0.3 is 0 Å². The molecule has 0 heterocycles. The minimum Gasteiger partial charge on any atom is -0.376 e. The van der Waals surface area contributed by atoms with E-state index in [1.807, 2.05) is 111 Å². The normalized spacial score (nSPS) is 23.1. The van der Waals surface area contributed by atoms with Crippen molar-refractivity contribution in [1.82, 2.24) is 0 Å². The monoisotopic (exact) mass is 416 g/mol. The van der Waals surface area contributed by atoms with Crippen LogP contribution in [0.4, 0.5) is 0 Å². The highest BCUT2D eigenvalue weighted by Gasteiger charge is 2.57. The molecule has 4 aromatic rings. The molecule has 0 saturated carbocycles. The van der Waals surface area contributed by atoms with Gasteiger partial charge in [-0.15, -0.1) is 0 Å². The summed E-state index contributed by atoms with van der Waals surface area (Å²) in [6.45, 7) is 4.09. The summed E-state index contributed by atoms with van der Waals surface area (Å²) in [6.07, 6.45) is 0. The fourth-order valence-electron chi connectivity index (χ4n) is 5.51. The Morgan fingerprint density at radius 2 is 0.812 bits per heavy atom. The Morgan fingerprint density at radius 3 is 1.19 bits per heavy atom. The molecule has 0 aliphatic heterocycles. The van der Waals surface area contributed by atoms with E-state index in [2.05, 4.69) is 0 Å². The average Bonchev–Trinajstić information content (AvgIpc) is 3.25. The van der Waals surface area contributed by atoms with Crippen LogP contribution in [0, 0.1) is 13.8 Å². The number of hydrogen-bond donors (Lipinski definition) is 2. The number of hydrogen-bond acceptors (Lipinski definition) is 2. The smallest absolute Gasteiger partial charge is 0.142 e. The molecule has 0 unspecified atom stereocenters. The Hall–Kier alpha value is -3.46. The molecular weight excluding hydrogens is 392 g/mol. The van der Waals surface area contributed by atoms with Gasteiger partial charge in [0.1, 0.15) is 11.2 Å². The zero-order valence-corrected chi connectivity index (χ0v) is 18.1. The van der Waals surface area contributed by atoms with E-state index < -0.39 is 11.2 Å². The van der Waals surface area contributed by atoms with Gasteiger partial charge in [-0.1, -0.05) is 108 Å². The number of fused-ring (bicyclic) bond motifs is 4. The highest BCUT2D eigenvalue weighted by Crippen LogP contribution is 2.64. The van der Waals surface area contributed by atoms with Crippen molar-refractivity contribution >= 4 is 11.1 Å². The van der Waals surface area contributed by atoms with Crippen LogP contribution in [0.3, 0.4) is 0 Å². The minimum absolute atomic E-state index is 0.779. The van der Waals surface area contributed by atoms with Gasteiger partial charge < -0.3 is 10.2 Å². The maximum Gasteiger partial charge on any atom is 0.142 e. The summed E-state index contributed by atoms with van der Waals surface area (Å²) in [6, 6.07) is 31.9. The first-order valence-corrected chi connectivity index (χ1v) is 11.0. The highest BCUT2D eigenvalue weighted by atomic mass is 16.3. The molecule has 0 saturated heterocycles. The van der Waals surface area contributed by atoms with Crippen LogP contribution in [0.5, 0.6) is 0 Å². The Bertz CT molecular complexity index is 1290. The first-order valence-electron chi connectivity index (χ1n) is 11.0. The predicted molar refractivity (Wildman–Crippen MR) is 128 cm³/mol. The third-order valence-corrected chi connectivity index (χ3v) is 7.08. The van der Waals surface area contributed by atoms with E-state index in [-0.39, 0.29) is 0 Å². The van der Waals surface area contributed by atoms with Crippen LogP contribution in [0.15, 0.2) is 97.1 Å². The van der Waals surface area contributed by atoms with Crippen LogP contribution in [0.2, 0.25) is 0 Å². The van der Waals surface area contributed by atoms with E-state index in [1.165, 1.54) is 0 Å². The molecule has 2 N–H and O–H groups in total. The van der Waals surface area contributed by atoms with Crippen LogP contribution in [0.25, 0.3) is 11.1 Å². The Kier molecular flexibility index (Phi) is 3.92. The fraction of sp³-hybridized carbons (Fsp3) is 0.133. The van der Waals surface area contributed by atoms with Gasteiger partial charge in [-0.2, -0.15) is 0 Å². The first kappa shape index (κ1) is 19.2. The lowest BCUT2D eigenvalue weighted by atomic mass is 9.78. The van der Waals surface area contributed by atoms with E-state index >= 15 is 0 Å². The van der Waals surface area contributed by atoms with Gasteiger partial charge in [0.05, 0.1) is 0 Å². The van der Waals surface area contributed by atoms with Gasteiger partial charge in [0.15, 0.2) is 0 Å². The number of benzene rings is 4. The zero-order valence-electron chi connectivity index (χ0n) is 18.1. The van der Waals surface area contributed by atoms with Crippen LogP contribution >= 0.6 is 0 Å². The van der Waals surface area contributed by atoms with Gasteiger partial charge in [-0.05, 0) is 36.1 Å². The summed E-state index contributed by atoms with van der Waals surface area (Å²) in [5.41, 5.74) is 6.18. The molecule has 4 aromatic carbocycles. The molecule has 6 rings (SSSR count). The molecule has 156 valence electrons. The van der Waals surface area contributed by atoms with E-state index in [4.69, 9.17) is 0 Å². The Labute approximate surface area is 188 Å². The topological polar surface area (TPSA) is 40.5 Å². The minimum atomic E-state index is -1.34. The molecule has 32 heavy (non-hydrogen) atoms. The second-order valence-corrected chi connectivity index (χ2v) is 8.99. The van der Waals surface area contributed by atoms with E-state index in [0.29, 0.717) is 0 Å². The maximum absolute atomic E-state index is 12.5. The third-order valence-electron chi connectivity index (χ3n) is 7.08. The molecule has 0 amide bonds. The zero-order chi connectivity index (χ0) is 22.1. The summed E-state index contributed by atoms with van der Waals surface area (Å²) >= 11 is 0. The standard InChI is InChI=1S/C30H24O2/c1-19-11-15-21(16-12-19)29(31)25-9-5-3-7-23(25)28-27(29)24-8-4-6-10-26(24)30(28,32)22-17-13-20(2)14-18-22/h3-18,31-32H,1-2H3/t29-,30-/m0/s1. The molecule has 2 atom stereocenters. The van der Waals surface area contributed by atoms with E-state index in [1.54, 1.807) is 0 Å². The molecule has 0 fully saturated rings. The van der Waals surface area contributed by atoms with Crippen molar-refractivity contribution in [3.8, 4) is 0 Å². The summed E-state index contributed by atoms with van der Waals surface area (Å²) in [5, 5.41) is 25.0. The van der Waals surface area contributed by atoms with Crippen LogP contribution in [-0.4, -0.2) is 10.2 Å². The van der Waals surface area contributed by atoms with Crippen LogP contribution in [0.1, 0.15) is 44.5 Å². The summed E-state index contributed by atoms with van der Waals surface area (Å²) in [4.78, 5) is 0. The van der Waals surface area contributed by atoms with Gasteiger partial charge in [-0.25, -0.2) is 0 Å². The van der Waals surface area contributed by atoms with Crippen molar-refractivity contribution in [2.24, 2.45) is 0 Å². The van der Waals surface area contributed by atoms with Gasteiger partial charge in [0, 0.05) is 22.3 Å². The predicted octanol–water partition coefficient (Wildman–Crippen LogP) is 5.71. The number of rotatable bonds is 2. The Morgan fingerprint density at radius 1 is 0.469 bits per heavy atom. The lowest BCUT2D eigenvalue weighted by Gasteiger charge is -2.31. The van der Waals surface area contributed by atoms with E-state index in [0.717, 1.165) is 55.7 Å². The highest BCUT2D eigenvalue weighted by molar-refractivity contribution is 6.11. The SMILES string of the molecule is Cc1ccc([C@@]2(O)C3=C(c4ccccc42)[C@](O)(c2ccc(C)cc2)c2ccccc23)cc1. The quantitative estimate of drug-likeness (QED) is 0.439. The lowest BCUT2D eigenvalue weighted by Crippen LogP contribution is -2.28. The first-order chi connectivity index (χ1) is 15.5. The lowest BCUT2D eigenvalue weighted by molar-refractivity contribution is 0.147. The molecular formula is C30H24O2. The second kappa shape index (κ2) is 6.52. The largest absolute Gasteiger partial charge is 0.376 e. The summed E-state index contributed by atoms with van der Waals surface area (Å²) in [5.74, 6) is 0. The van der Waals surface area contributed by atoms with Crippen molar-refractivity contribution in [3.63, 3.8) is 0 Å². The fourth-order valence-corrected chi connectivity index (χ4v) is 5.51. The second-order valence-electron chi connectivity index (χ2n) is 8.99. The molecule has 2 aliphatic rings. The van der Waals surface area contributed by atoms with Gasteiger partial charge in [-0.3, -0.25) is 0 Å². The van der Waals surface area contributed by atoms with Gasteiger partial charge in [0.2, 0.25) is 0 Å². The van der Waals surface area contributed by atoms with Crippen molar-refractivity contribution in [1.29, 1.82) is 0 Å². The van der Waals surface area contributed by atoms with Crippen molar-refractivity contribution in [2.45, 2.75) is 25.0 Å². The summed E-state index contributed by atoms with van der Waals surface area (Å²) in [7, 11) is 0. The van der Waals surface area contributed by atoms with Gasteiger partial charge in [0.25, 0.3) is 0 Å². The summed E-state index contributed by atoms with van der Waals surface area (Å²) < 4.78 is 0. The van der Waals surface area contributed by atoms with Crippen LogP contribution < -0.4 is 0 Å². The molecule has 2 nitrogen and oxygen atoms in total. The maximum atomic E-state index is 12.5.